The van der Waals surface area contributed by atoms with Gasteiger partial charge in [0.15, 0.2) is 5.78 Å². The maximum absolute atomic E-state index is 11.4. The number of rotatable bonds is 4. The minimum atomic E-state index is -3.39. The minimum absolute atomic E-state index is 0.0491. The first-order chi connectivity index (χ1) is 7.45. The van der Waals surface area contributed by atoms with Crippen LogP contribution in [0, 0.1) is 0 Å². The van der Waals surface area contributed by atoms with Gasteiger partial charge in [0.2, 0.25) is 10.0 Å². The number of hydrogen-bond donors (Lipinski definition) is 1. The zero-order chi connectivity index (χ0) is 12.2. The molecule has 16 heavy (non-hydrogen) atoms. The van der Waals surface area contributed by atoms with Crippen LogP contribution in [0.5, 0.6) is 0 Å². The molecule has 5 heteroatoms. The average molecular weight is 239 g/mol. The molecule has 0 radical (unpaired) electrons. The van der Waals surface area contributed by atoms with Gasteiger partial charge in [-0.25, -0.2) is 13.1 Å². The molecular weight excluding hydrogens is 226 g/mol. The van der Waals surface area contributed by atoms with Gasteiger partial charge in [-0.15, -0.1) is 0 Å². The molecule has 0 unspecified atom stereocenters. The van der Waals surface area contributed by atoms with Crippen molar-refractivity contribution in [1.82, 2.24) is 4.72 Å². The van der Waals surface area contributed by atoms with E-state index < -0.39 is 10.0 Å². The number of carbonyl (C=O) groups is 1. The molecule has 0 aliphatic carbocycles. The normalized spacial score (nSPS) is 11.9. The number of benzene rings is 1. The summed E-state index contributed by atoms with van der Waals surface area (Å²) in [6.07, 6.45) is 3.07. The maximum Gasteiger partial charge on any atom is 0.240 e. The van der Waals surface area contributed by atoms with Crippen LogP contribution < -0.4 is 4.72 Å². The highest BCUT2D eigenvalue weighted by Gasteiger charge is 2.09. The highest BCUT2D eigenvalue weighted by atomic mass is 32.2. The van der Waals surface area contributed by atoms with E-state index in [9.17, 15) is 13.2 Å². The number of carbonyl (C=O) groups excluding carboxylic acids is 1. The smallest absolute Gasteiger partial charge is 0.240 e. The number of ketones is 1. The van der Waals surface area contributed by atoms with Gasteiger partial charge in [0.05, 0.1) is 4.90 Å². The van der Waals surface area contributed by atoms with E-state index in [2.05, 4.69) is 4.72 Å². The van der Waals surface area contributed by atoms with Crippen molar-refractivity contribution in [2.24, 2.45) is 0 Å². The predicted molar refractivity (Wildman–Crippen MR) is 62.4 cm³/mol. The first-order valence-electron chi connectivity index (χ1n) is 4.68. The van der Waals surface area contributed by atoms with Crippen molar-refractivity contribution in [3.05, 3.63) is 35.9 Å². The Hall–Kier alpha value is -1.46. The average Bonchev–Trinajstić information content (AvgIpc) is 2.27. The van der Waals surface area contributed by atoms with Gasteiger partial charge in [-0.2, -0.15) is 0 Å². The Bertz CT molecular complexity index is 501. The fourth-order valence-electron chi connectivity index (χ4n) is 1.09. The van der Waals surface area contributed by atoms with Crippen LogP contribution in [0.1, 0.15) is 12.5 Å². The largest absolute Gasteiger partial charge is 0.295 e. The van der Waals surface area contributed by atoms with Crippen molar-refractivity contribution >= 4 is 21.9 Å². The summed E-state index contributed by atoms with van der Waals surface area (Å²) in [6, 6.07) is 6.27. The Morgan fingerprint density at radius 1 is 1.25 bits per heavy atom. The number of hydrogen-bond acceptors (Lipinski definition) is 3. The molecule has 0 aliphatic heterocycles. The summed E-state index contributed by atoms with van der Waals surface area (Å²) >= 11 is 0. The lowest BCUT2D eigenvalue weighted by molar-refractivity contribution is -0.112. The topological polar surface area (TPSA) is 63.2 Å². The second-order valence-electron chi connectivity index (χ2n) is 3.22. The number of sulfonamides is 1. The summed E-state index contributed by atoms with van der Waals surface area (Å²) in [5.74, 6) is -0.0491. The molecule has 0 aliphatic rings. The summed E-state index contributed by atoms with van der Waals surface area (Å²) in [6.45, 7) is 1.45. The van der Waals surface area contributed by atoms with Gasteiger partial charge >= 0.3 is 0 Å². The summed E-state index contributed by atoms with van der Waals surface area (Å²) in [4.78, 5) is 10.9. The lowest BCUT2D eigenvalue weighted by atomic mass is 10.2. The SMILES string of the molecule is CNS(=O)(=O)c1ccc(/C=C/C(C)=O)cc1. The third-order valence-corrected chi connectivity index (χ3v) is 3.40. The third-order valence-electron chi connectivity index (χ3n) is 1.97. The quantitative estimate of drug-likeness (QED) is 0.803. The molecular formula is C11H13NO3S. The third kappa shape index (κ3) is 3.29. The van der Waals surface area contributed by atoms with E-state index in [0.29, 0.717) is 0 Å². The first-order valence-corrected chi connectivity index (χ1v) is 6.16. The van der Waals surface area contributed by atoms with Crippen molar-refractivity contribution in [2.45, 2.75) is 11.8 Å². The van der Waals surface area contributed by atoms with Crippen LogP contribution in [-0.4, -0.2) is 21.2 Å². The molecule has 0 fully saturated rings. The molecule has 0 bridgehead atoms. The van der Waals surface area contributed by atoms with E-state index in [0.717, 1.165) is 5.56 Å². The Morgan fingerprint density at radius 2 is 1.81 bits per heavy atom. The van der Waals surface area contributed by atoms with Crippen molar-refractivity contribution in [3.8, 4) is 0 Å². The van der Waals surface area contributed by atoms with Gasteiger partial charge in [0.1, 0.15) is 0 Å². The molecule has 1 rings (SSSR count). The molecule has 1 aromatic carbocycles. The molecule has 0 amide bonds. The van der Waals surface area contributed by atoms with Crippen molar-refractivity contribution in [3.63, 3.8) is 0 Å². The van der Waals surface area contributed by atoms with E-state index in [1.165, 1.54) is 32.2 Å². The molecule has 86 valence electrons. The Balaban J connectivity index is 2.96. The number of allylic oxidation sites excluding steroid dienone is 1. The Kier molecular flexibility index (Phi) is 3.98. The van der Waals surface area contributed by atoms with Gasteiger partial charge in [-0.1, -0.05) is 18.2 Å². The van der Waals surface area contributed by atoms with Crippen molar-refractivity contribution in [1.29, 1.82) is 0 Å². The highest BCUT2D eigenvalue weighted by Crippen LogP contribution is 2.11. The van der Waals surface area contributed by atoms with Gasteiger partial charge in [-0.3, -0.25) is 4.79 Å². The van der Waals surface area contributed by atoms with Gasteiger partial charge in [-0.05, 0) is 37.7 Å². The molecule has 0 heterocycles. The standard InChI is InChI=1S/C11H13NO3S/c1-9(13)3-4-10-5-7-11(8-6-10)16(14,15)12-2/h3-8,12H,1-2H3/b4-3+. The molecule has 4 nitrogen and oxygen atoms in total. The molecule has 0 aromatic heterocycles. The van der Waals surface area contributed by atoms with Crippen LogP contribution >= 0.6 is 0 Å². The molecule has 0 atom stereocenters. The number of nitrogens with one attached hydrogen (secondary N) is 1. The van der Waals surface area contributed by atoms with Gasteiger partial charge < -0.3 is 0 Å². The Morgan fingerprint density at radius 3 is 2.25 bits per heavy atom. The van der Waals surface area contributed by atoms with Crippen LogP contribution in [0.2, 0.25) is 0 Å². The summed E-state index contributed by atoms with van der Waals surface area (Å²) in [7, 11) is -2.03. The zero-order valence-electron chi connectivity index (χ0n) is 9.10. The molecule has 0 saturated carbocycles. The highest BCUT2D eigenvalue weighted by molar-refractivity contribution is 7.89. The second kappa shape index (κ2) is 5.05. The van der Waals surface area contributed by atoms with Gasteiger partial charge in [0.25, 0.3) is 0 Å². The van der Waals surface area contributed by atoms with Crippen LogP contribution in [0.25, 0.3) is 6.08 Å². The fraction of sp³-hybridized carbons (Fsp3) is 0.182. The zero-order valence-corrected chi connectivity index (χ0v) is 9.91. The molecule has 0 spiro atoms. The fourth-order valence-corrected chi connectivity index (χ4v) is 1.82. The van der Waals surface area contributed by atoms with E-state index in [1.54, 1.807) is 18.2 Å². The van der Waals surface area contributed by atoms with Gasteiger partial charge in [0, 0.05) is 0 Å². The molecule has 1 aromatic rings. The van der Waals surface area contributed by atoms with Crippen LogP contribution in [0.4, 0.5) is 0 Å². The lowest BCUT2D eigenvalue weighted by Crippen LogP contribution is -2.18. The van der Waals surface area contributed by atoms with Crippen LogP contribution in [0.3, 0.4) is 0 Å². The second-order valence-corrected chi connectivity index (χ2v) is 5.11. The minimum Gasteiger partial charge on any atom is -0.295 e. The van der Waals surface area contributed by atoms with E-state index >= 15 is 0 Å². The van der Waals surface area contributed by atoms with E-state index in [1.807, 2.05) is 0 Å². The monoisotopic (exact) mass is 239 g/mol. The summed E-state index contributed by atoms with van der Waals surface area (Å²) in [5, 5.41) is 0. The van der Waals surface area contributed by atoms with E-state index in [-0.39, 0.29) is 10.7 Å². The lowest BCUT2D eigenvalue weighted by Gasteiger charge is -2.01. The van der Waals surface area contributed by atoms with Crippen LogP contribution in [0.15, 0.2) is 35.2 Å². The summed E-state index contributed by atoms with van der Waals surface area (Å²) < 4.78 is 25.0. The molecule has 1 N–H and O–H groups in total. The molecule has 0 saturated heterocycles. The van der Waals surface area contributed by atoms with Crippen LogP contribution in [-0.2, 0) is 14.8 Å². The van der Waals surface area contributed by atoms with E-state index in [4.69, 9.17) is 0 Å². The first kappa shape index (κ1) is 12.6. The van der Waals surface area contributed by atoms with Crippen molar-refractivity contribution < 1.29 is 13.2 Å². The van der Waals surface area contributed by atoms with Crippen molar-refractivity contribution in [2.75, 3.05) is 7.05 Å². The Labute approximate surface area is 95.0 Å². The maximum atomic E-state index is 11.4. The predicted octanol–water partition coefficient (Wildman–Crippen LogP) is 1.20. The summed E-state index contributed by atoms with van der Waals surface area (Å²) in [5.41, 5.74) is 0.783.